The number of benzene rings is 1. The standard InChI is InChI=1S/C14H8N4O3/c15-7-5-10-11(16-6-7)12(17-21-10)18-13(19)8-3-1-2-4-9(8)14(18)20/h1-6H,15H2. The first-order valence-electron chi connectivity index (χ1n) is 6.15. The lowest BCUT2D eigenvalue weighted by molar-refractivity contribution is 0.0924. The Kier molecular flexibility index (Phi) is 2.15. The lowest BCUT2D eigenvalue weighted by Crippen LogP contribution is -2.29. The van der Waals surface area contributed by atoms with E-state index < -0.39 is 11.8 Å². The van der Waals surface area contributed by atoms with Crippen molar-refractivity contribution < 1.29 is 14.1 Å². The van der Waals surface area contributed by atoms with Gasteiger partial charge in [0.25, 0.3) is 11.8 Å². The Morgan fingerprint density at radius 1 is 1.10 bits per heavy atom. The first kappa shape index (κ1) is 11.6. The normalized spacial score (nSPS) is 14.0. The van der Waals surface area contributed by atoms with E-state index >= 15 is 0 Å². The molecule has 1 aliphatic heterocycles. The molecular weight excluding hydrogens is 272 g/mol. The zero-order chi connectivity index (χ0) is 14.6. The van der Waals surface area contributed by atoms with Crippen LogP contribution in [-0.4, -0.2) is 22.0 Å². The lowest BCUT2D eigenvalue weighted by Gasteiger charge is -2.08. The number of hydrogen-bond acceptors (Lipinski definition) is 6. The highest BCUT2D eigenvalue weighted by atomic mass is 16.5. The van der Waals surface area contributed by atoms with E-state index in [9.17, 15) is 9.59 Å². The molecule has 0 unspecified atom stereocenters. The van der Waals surface area contributed by atoms with Crippen molar-refractivity contribution in [2.75, 3.05) is 10.6 Å². The van der Waals surface area contributed by atoms with E-state index in [-0.39, 0.29) is 5.82 Å². The smallest absolute Gasteiger partial charge is 0.267 e. The first-order chi connectivity index (χ1) is 10.2. The summed E-state index contributed by atoms with van der Waals surface area (Å²) in [5, 5.41) is 3.79. The van der Waals surface area contributed by atoms with Crippen molar-refractivity contribution in [3.05, 3.63) is 47.7 Å². The monoisotopic (exact) mass is 280 g/mol. The molecule has 0 atom stereocenters. The van der Waals surface area contributed by atoms with Gasteiger partial charge in [0, 0.05) is 6.07 Å². The molecule has 0 saturated heterocycles. The minimum atomic E-state index is -0.440. The number of hydrogen-bond donors (Lipinski definition) is 1. The third-order valence-corrected chi connectivity index (χ3v) is 3.32. The van der Waals surface area contributed by atoms with Gasteiger partial charge >= 0.3 is 0 Å². The summed E-state index contributed by atoms with van der Waals surface area (Å²) in [7, 11) is 0. The molecule has 2 aromatic heterocycles. The summed E-state index contributed by atoms with van der Waals surface area (Å²) in [4.78, 5) is 29.8. The Hall–Kier alpha value is -3.22. The molecule has 2 N–H and O–H groups in total. The van der Waals surface area contributed by atoms with Gasteiger partial charge in [-0.2, -0.15) is 0 Å². The Balaban J connectivity index is 1.91. The minimum absolute atomic E-state index is 0.0798. The second kappa shape index (κ2) is 3.89. The van der Waals surface area contributed by atoms with Crippen LogP contribution >= 0.6 is 0 Å². The van der Waals surface area contributed by atoms with Gasteiger partial charge in [0.05, 0.1) is 23.0 Å². The molecule has 3 heterocycles. The average Bonchev–Trinajstić information content (AvgIpc) is 2.99. The lowest BCUT2D eigenvalue weighted by atomic mass is 10.1. The zero-order valence-corrected chi connectivity index (χ0v) is 10.6. The summed E-state index contributed by atoms with van der Waals surface area (Å²) < 4.78 is 5.10. The minimum Gasteiger partial charge on any atom is -0.397 e. The van der Waals surface area contributed by atoms with Crippen LogP contribution in [0.4, 0.5) is 11.5 Å². The number of nitrogen functional groups attached to an aromatic ring is 1. The molecule has 0 bridgehead atoms. The number of imide groups is 1. The van der Waals surface area contributed by atoms with Gasteiger partial charge in [0.1, 0.15) is 0 Å². The fraction of sp³-hybridized carbons (Fsp3) is 0. The van der Waals surface area contributed by atoms with Crippen LogP contribution in [0.1, 0.15) is 20.7 Å². The molecule has 0 saturated carbocycles. The summed E-state index contributed by atoms with van der Waals surface area (Å²) in [5.41, 5.74) is 7.34. The molecule has 0 aliphatic carbocycles. The third kappa shape index (κ3) is 1.48. The summed E-state index contributed by atoms with van der Waals surface area (Å²) in [6, 6.07) is 8.14. The summed E-state index contributed by atoms with van der Waals surface area (Å²) >= 11 is 0. The van der Waals surface area contributed by atoms with Crippen molar-refractivity contribution in [1.29, 1.82) is 0 Å². The molecule has 7 nitrogen and oxygen atoms in total. The van der Waals surface area contributed by atoms with E-state index in [1.54, 1.807) is 24.3 Å². The molecule has 0 fully saturated rings. The van der Waals surface area contributed by atoms with Gasteiger partial charge in [-0.1, -0.05) is 17.3 Å². The van der Waals surface area contributed by atoms with E-state index in [4.69, 9.17) is 10.3 Å². The molecule has 1 aromatic carbocycles. The van der Waals surface area contributed by atoms with Crippen LogP contribution in [-0.2, 0) is 0 Å². The largest absolute Gasteiger partial charge is 0.397 e. The van der Waals surface area contributed by atoms with E-state index in [1.165, 1.54) is 12.3 Å². The van der Waals surface area contributed by atoms with Crippen LogP contribution < -0.4 is 10.6 Å². The van der Waals surface area contributed by atoms with Crippen LogP contribution in [0.2, 0.25) is 0 Å². The van der Waals surface area contributed by atoms with Crippen LogP contribution in [0.25, 0.3) is 11.1 Å². The van der Waals surface area contributed by atoms with Gasteiger partial charge in [-0.05, 0) is 12.1 Å². The number of fused-ring (bicyclic) bond motifs is 2. The first-order valence-corrected chi connectivity index (χ1v) is 6.15. The second-order valence-corrected chi connectivity index (χ2v) is 4.61. The SMILES string of the molecule is Nc1cnc2c(N3C(=O)c4ccccc4C3=O)noc2c1. The van der Waals surface area contributed by atoms with E-state index in [1.807, 2.05) is 0 Å². The Morgan fingerprint density at radius 2 is 1.76 bits per heavy atom. The van der Waals surface area contributed by atoms with Gasteiger partial charge in [-0.15, -0.1) is 0 Å². The van der Waals surface area contributed by atoms with Crippen molar-refractivity contribution in [3.63, 3.8) is 0 Å². The molecule has 0 radical (unpaired) electrons. The van der Waals surface area contributed by atoms with Crippen LogP contribution in [0.3, 0.4) is 0 Å². The highest BCUT2D eigenvalue weighted by Gasteiger charge is 2.39. The van der Waals surface area contributed by atoms with Gasteiger partial charge < -0.3 is 10.3 Å². The molecule has 0 spiro atoms. The summed E-state index contributed by atoms with van der Waals surface area (Å²) in [5.74, 6) is -0.801. The fourth-order valence-electron chi connectivity index (χ4n) is 2.36. The van der Waals surface area contributed by atoms with Crippen LogP contribution in [0.15, 0.2) is 41.1 Å². The van der Waals surface area contributed by atoms with E-state index in [2.05, 4.69) is 10.1 Å². The number of nitrogens with two attached hydrogens (primary N) is 1. The predicted molar refractivity (Wildman–Crippen MR) is 73.8 cm³/mol. The van der Waals surface area contributed by atoms with Gasteiger partial charge in [0.2, 0.25) is 5.82 Å². The van der Waals surface area contributed by atoms with Gasteiger partial charge in [-0.3, -0.25) is 9.59 Å². The Bertz CT molecular complexity index is 880. The van der Waals surface area contributed by atoms with E-state index in [0.717, 1.165) is 4.90 Å². The average molecular weight is 280 g/mol. The predicted octanol–water partition coefficient (Wildman–Crippen LogP) is 1.61. The summed E-state index contributed by atoms with van der Waals surface area (Å²) in [6.45, 7) is 0. The number of nitrogens with zero attached hydrogens (tertiary/aromatic N) is 3. The van der Waals surface area contributed by atoms with Crippen molar-refractivity contribution in [1.82, 2.24) is 10.1 Å². The molecule has 7 heteroatoms. The van der Waals surface area contributed by atoms with E-state index in [0.29, 0.717) is 27.9 Å². The molecule has 102 valence electrons. The van der Waals surface area contributed by atoms with Crippen LogP contribution in [0, 0.1) is 0 Å². The maximum Gasteiger partial charge on any atom is 0.267 e. The second-order valence-electron chi connectivity index (χ2n) is 4.61. The fourth-order valence-corrected chi connectivity index (χ4v) is 2.36. The maximum absolute atomic E-state index is 12.4. The molecule has 1 aliphatic rings. The Labute approximate surface area is 118 Å². The van der Waals surface area contributed by atoms with Crippen molar-refractivity contribution >= 4 is 34.4 Å². The zero-order valence-electron chi connectivity index (χ0n) is 10.6. The molecule has 2 amide bonds. The number of carbonyl (C=O) groups excluding carboxylic acids is 2. The molecule has 21 heavy (non-hydrogen) atoms. The highest BCUT2D eigenvalue weighted by molar-refractivity contribution is 6.35. The maximum atomic E-state index is 12.4. The number of anilines is 2. The topological polar surface area (TPSA) is 102 Å². The molecule has 3 aromatic rings. The molecular formula is C14H8N4O3. The number of aromatic nitrogens is 2. The highest BCUT2D eigenvalue weighted by Crippen LogP contribution is 2.32. The van der Waals surface area contributed by atoms with Crippen molar-refractivity contribution in [2.45, 2.75) is 0 Å². The molecule has 4 rings (SSSR count). The Morgan fingerprint density at radius 3 is 2.43 bits per heavy atom. The quantitative estimate of drug-likeness (QED) is 0.679. The number of pyridine rings is 1. The van der Waals surface area contributed by atoms with Crippen LogP contribution in [0.5, 0.6) is 0 Å². The number of carbonyl (C=O) groups is 2. The third-order valence-electron chi connectivity index (χ3n) is 3.32. The van der Waals surface area contributed by atoms with Crippen molar-refractivity contribution in [2.24, 2.45) is 0 Å². The van der Waals surface area contributed by atoms with Gasteiger partial charge in [0.15, 0.2) is 11.1 Å². The van der Waals surface area contributed by atoms with Gasteiger partial charge in [-0.25, -0.2) is 9.88 Å². The number of rotatable bonds is 1. The summed E-state index contributed by atoms with van der Waals surface area (Å²) in [6.07, 6.45) is 1.42. The van der Waals surface area contributed by atoms with Crippen molar-refractivity contribution in [3.8, 4) is 0 Å². The number of amides is 2.